The number of hydrogen-bond acceptors (Lipinski definition) is 3. The number of nitrogens with zero attached hydrogens (tertiary/aromatic N) is 4. The number of allylic oxidation sites excluding steroid dienone is 1. The second-order valence-electron chi connectivity index (χ2n) is 2.67. The summed E-state index contributed by atoms with van der Waals surface area (Å²) in [5.74, 6) is 0.753. The molecule has 0 saturated heterocycles. The first-order valence-corrected chi connectivity index (χ1v) is 4.16. The smallest absolute Gasteiger partial charge is 0.156 e. The van der Waals surface area contributed by atoms with Crippen molar-refractivity contribution in [2.45, 2.75) is 0 Å². The van der Waals surface area contributed by atoms with Gasteiger partial charge in [0, 0.05) is 18.6 Å². The molecule has 0 N–H and O–H groups in total. The largest absolute Gasteiger partial charge is 0.289 e. The second-order valence-corrected chi connectivity index (χ2v) is 2.67. The molecule has 0 unspecified atom stereocenters. The van der Waals surface area contributed by atoms with Crippen molar-refractivity contribution < 1.29 is 0 Å². The summed E-state index contributed by atoms with van der Waals surface area (Å²) in [6, 6.07) is 0. The Bertz CT molecular complexity index is 430. The van der Waals surface area contributed by atoms with E-state index in [1.165, 1.54) is 0 Å². The SMILES string of the molecule is [CH2]/C=C/c1cn(-c2cnccn2)cn1. The third-order valence-electron chi connectivity index (χ3n) is 1.71. The molecule has 4 nitrogen and oxygen atoms in total. The van der Waals surface area contributed by atoms with Crippen molar-refractivity contribution in [3.05, 3.63) is 49.8 Å². The fourth-order valence-electron chi connectivity index (χ4n) is 1.09. The lowest BCUT2D eigenvalue weighted by Gasteiger charge is -1.96. The van der Waals surface area contributed by atoms with E-state index in [9.17, 15) is 0 Å². The molecule has 0 fully saturated rings. The molecule has 2 aromatic heterocycles. The zero-order chi connectivity index (χ0) is 9.80. The Balaban J connectivity index is 2.34. The van der Waals surface area contributed by atoms with Crippen LogP contribution in [0.25, 0.3) is 11.9 Å². The van der Waals surface area contributed by atoms with E-state index in [-0.39, 0.29) is 0 Å². The fraction of sp³-hybridized carbons (Fsp3) is 0. The summed E-state index contributed by atoms with van der Waals surface area (Å²) < 4.78 is 1.81. The van der Waals surface area contributed by atoms with Gasteiger partial charge in [-0.2, -0.15) is 0 Å². The first-order chi connectivity index (χ1) is 6.90. The predicted octanol–water partition coefficient (Wildman–Crippen LogP) is 1.51. The van der Waals surface area contributed by atoms with E-state index < -0.39 is 0 Å². The maximum atomic E-state index is 4.15. The van der Waals surface area contributed by atoms with Crippen LogP contribution in [0.1, 0.15) is 5.69 Å². The minimum atomic E-state index is 0.753. The molecule has 0 aliphatic rings. The van der Waals surface area contributed by atoms with Crippen LogP contribution in [0, 0.1) is 6.92 Å². The predicted molar refractivity (Wildman–Crippen MR) is 53.5 cm³/mol. The molecule has 14 heavy (non-hydrogen) atoms. The first kappa shape index (κ1) is 8.62. The molecule has 0 amide bonds. The summed E-state index contributed by atoms with van der Waals surface area (Å²) in [7, 11) is 0. The van der Waals surface area contributed by atoms with E-state index in [0.717, 1.165) is 11.5 Å². The van der Waals surface area contributed by atoms with E-state index in [0.29, 0.717) is 0 Å². The van der Waals surface area contributed by atoms with E-state index in [1.54, 1.807) is 31.0 Å². The molecule has 0 atom stereocenters. The highest BCUT2D eigenvalue weighted by atomic mass is 15.1. The van der Waals surface area contributed by atoms with Crippen molar-refractivity contribution in [2.75, 3.05) is 0 Å². The maximum absolute atomic E-state index is 4.15. The Hall–Kier alpha value is -1.97. The van der Waals surface area contributed by atoms with Crippen LogP contribution in [0.4, 0.5) is 0 Å². The van der Waals surface area contributed by atoms with Crippen molar-refractivity contribution in [1.82, 2.24) is 19.5 Å². The molecule has 0 bridgehead atoms. The summed E-state index contributed by atoms with van der Waals surface area (Å²) in [6.45, 7) is 3.61. The lowest BCUT2D eigenvalue weighted by Crippen LogP contribution is -1.93. The van der Waals surface area contributed by atoms with Gasteiger partial charge >= 0.3 is 0 Å². The number of imidazole rings is 1. The van der Waals surface area contributed by atoms with Gasteiger partial charge in [0.15, 0.2) is 5.82 Å². The minimum Gasteiger partial charge on any atom is -0.289 e. The molecule has 2 rings (SSSR count). The van der Waals surface area contributed by atoms with Gasteiger partial charge in [0.05, 0.1) is 11.9 Å². The van der Waals surface area contributed by atoms with Crippen LogP contribution in [0.15, 0.2) is 37.2 Å². The van der Waals surface area contributed by atoms with Crippen molar-refractivity contribution >= 4 is 6.08 Å². The summed E-state index contributed by atoms with van der Waals surface area (Å²) in [6.07, 6.45) is 12.0. The van der Waals surface area contributed by atoms with Crippen LogP contribution in [0.3, 0.4) is 0 Å². The molecule has 0 saturated carbocycles. The molecule has 0 aromatic carbocycles. The van der Waals surface area contributed by atoms with Crippen molar-refractivity contribution in [1.29, 1.82) is 0 Å². The highest BCUT2D eigenvalue weighted by Crippen LogP contribution is 2.04. The molecule has 0 aliphatic carbocycles. The molecule has 1 radical (unpaired) electrons. The lowest BCUT2D eigenvalue weighted by atomic mass is 10.4. The molecular weight excluding hydrogens is 176 g/mol. The van der Waals surface area contributed by atoms with E-state index >= 15 is 0 Å². The average molecular weight is 185 g/mol. The molecule has 2 heterocycles. The highest BCUT2D eigenvalue weighted by Gasteiger charge is 1.97. The van der Waals surface area contributed by atoms with Gasteiger partial charge in [-0.3, -0.25) is 9.55 Å². The van der Waals surface area contributed by atoms with Crippen molar-refractivity contribution in [3.63, 3.8) is 0 Å². The Morgan fingerprint density at radius 2 is 2.21 bits per heavy atom. The number of hydrogen-bond donors (Lipinski definition) is 0. The third kappa shape index (κ3) is 1.69. The normalized spacial score (nSPS) is 10.9. The average Bonchev–Trinajstić information content (AvgIpc) is 2.68. The van der Waals surface area contributed by atoms with E-state index in [1.807, 2.05) is 16.8 Å². The van der Waals surface area contributed by atoms with Crippen LogP contribution >= 0.6 is 0 Å². The summed E-state index contributed by atoms with van der Waals surface area (Å²) in [5, 5.41) is 0. The van der Waals surface area contributed by atoms with Gasteiger partial charge in [-0.1, -0.05) is 6.08 Å². The van der Waals surface area contributed by atoms with Crippen molar-refractivity contribution in [2.24, 2.45) is 0 Å². The maximum Gasteiger partial charge on any atom is 0.156 e. The van der Waals surface area contributed by atoms with Crippen LogP contribution in [0.5, 0.6) is 0 Å². The zero-order valence-corrected chi connectivity index (χ0v) is 7.54. The van der Waals surface area contributed by atoms with Crippen LogP contribution in [-0.4, -0.2) is 19.5 Å². The minimum absolute atomic E-state index is 0.753. The monoisotopic (exact) mass is 185 g/mol. The third-order valence-corrected chi connectivity index (χ3v) is 1.71. The lowest BCUT2D eigenvalue weighted by molar-refractivity contribution is 0.970. The summed E-state index contributed by atoms with van der Waals surface area (Å²) in [4.78, 5) is 12.3. The van der Waals surface area contributed by atoms with Crippen LogP contribution in [-0.2, 0) is 0 Å². The molecule has 69 valence electrons. The van der Waals surface area contributed by atoms with Gasteiger partial charge in [0.25, 0.3) is 0 Å². The Morgan fingerprint density at radius 1 is 1.29 bits per heavy atom. The fourth-order valence-corrected chi connectivity index (χ4v) is 1.09. The Kier molecular flexibility index (Phi) is 2.36. The molecule has 2 aromatic rings. The van der Waals surface area contributed by atoms with Gasteiger partial charge in [-0.15, -0.1) is 0 Å². The standard InChI is InChI=1S/C10H9N4/c1-2-3-9-7-14(8-13-9)10-6-11-4-5-12-10/h2-8H,1H2/b3-2+. The van der Waals surface area contributed by atoms with Gasteiger partial charge in [-0.25, -0.2) is 9.97 Å². The summed E-state index contributed by atoms with van der Waals surface area (Å²) in [5.41, 5.74) is 0.852. The number of rotatable bonds is 2. The Labute approximate surface area is 82.0 Å². The quantitative estimate of drug-likeness (QED) is 0.712. The van der Waals surface area contributed by atoms with Gasteiger partial charge < -0.3 is 0 Å². The van der Waals surface area contributed by atoms with Gasteiger partial charge in [0.2, 0.25) is 0 Å². The molecular formula is C10H9N4. The summed E-state index contributed by atoms with van der Waals surface area (Å²) >= 11 is 0. The van der Waals surface area contributed by atoms with Crippen LogP contribution in [0.2, 0.25) is 0 Å². The van der Waals surface area contributed by atoms with Gasteiger partial charge in [-0.05, 0) is 13.0 Å². The molecule has 4 heteroatoms. The molecule has 0 aliphatic heterocycles. The Morgan fingerprint density at radius 3 is 2.93 bits per heavy atom. The highest BCUT2D eigenvalue weighted by molar-refractivity contribution is 5.44. The second kappa shape index (κ2) is 3.83. The van der Waals surface area contributed by atoms with Gasteiger partial charge in [0.1, 0.15) is 6.33 Å². The molecule has 0 spiro atoms. The van der Waals surface area contributed by atoms with Crippen molar-refractivity contribution in [3.8, 4) is 5.82 Å². The van der Waals surface area contributed by atoms with Crippen LogP contribution < -0.4 is 0 Å². The zero-order valence-electron chi connectivity index (χ0n) is 7.54. The first-order valence-electron chi connectivity index (χ1n) is 4.16. The van der Waals surface area contributed by atoms with E-state index in [4.69, 9.17) is 0 Å². The van der Waals surface area contributed by atoms with E-state index in [2.05, 4.69) is 21.9 Å². The topological polar surface area (TPSA) is 43.6 Å². The number of aromatic nitrogens is 4.